The summed E-state index contributed by atoms with van der Waals surface area (Å²) in [6, 6.07) is -4.39. The van der Waals surface area contributed by atoms with Crippen LogP contribution < -0.4 is 5.46 Å². The normalized spacial score (nSPS) is 19.3. The SMILES string of the molecule is CC1(C)OB(c2cccc3ccccc23)OC1(C)C[Si](CCC(F)(F)C(F)(F)C(F)(F)C(F)(F)C(F)(F)C(F)(F)F)(CCC(F)(F)C(F)(F)C(F)(F)C(F)(F)C(F)(F)C(F)(F)F)CCC(F)(F)C(F)(F)C(F)(F)C(F)(F)C(F)(F)C(F)(F)F. The summed E-state index contributed by atoms with van der Waals surface area (Å²) < 4.78 is 566. The van der Waals surface area contributed by atoms with Gasteiger partial charge >= 0.3 is 114 Å². The van der Waals surface area contributed by atoms with Crippen LogP contribution in [0.25, 0.3) is 10.8 Å². The summed E-state index contributed by atoms with van der Waals surface area (Å²) in [5, 5.41) is 0.00797. The van der Waals surface area contributed by atoms with Crippen molar-refractivity contribution in [3.05, 3.63) is 42.5 Å². The number of halogens is 39. The number of rotatable bonds is 24. The molecule has 0 radical (unpaired) electrons. The topological polar surface area (TPSA) is 18.5 Å². The van der Waals surface area contributed by atoms with E-state index in [4.69, 9.17) is 9.31 Å². The van der Waals surface area contributed by atoms with E-state index in [0.717, 1.165) is 18.2 Å². The first-order chi connectivity index (χ1) is 36.0. The van der Waals surface area contributed by atoms with Crippen molar-refractivity contribution >= 4 is 31.4 Å². The molecule has 83 heavy (non-hydrogen) atoms. The summed E-state index contributed by atoms with van der Waals surface area (Å²) in [4.78, 5) is 0. The highest BCUT2D eigenvalue weighted by Crippen LogP contribution is 2.66. The van der Waals surface area contributed by atoms with Crippen LogP contribution in [-0.2, 0) is 9.31 Å². The molecule has 2 aromatic rings. The molecule has 2 nitrogen and oxygen atoms in total. The maximum atomic E-state index is 15.6. The largest absolute Gasteiger partial charge is 0.495 e. The smallest absolute Gasteiger partial charge is 0.399 e. The third kappa shape index (κ3) is 11.1. The Balaban J connectivity index is 2.55. The van der Waals surface area contributed by atoms with Gasteiger partial charge in [0, 0.05) is 19.3 Å². The summed E-state index contributed by atoms with van der Waals surface area (Å²) in [6.07, 6.45) is -36.8. The van der Waals surface area contributed by atoms with Crippen molar-refractivity contribution in [2.75, 3.05) is 0 Å². The molecule has 482 valence electrons. The minimum atomic E-state index is -8.93. The Kier molecular flexibility index (Phi) is 18.3. The van der Waals surface area contributed by atoms with Gasteiger partial charge in [0.25, 0.3) is 0 Å². The highest BCUT2D eigenvalue weighted by molar-refractivity contribution is 6.80. The average molecular weight is 1320 g/mol. The van der Waals surface area contributed by atoms with Gasteiger partial charge in [0.15, 0.2) is 0 Å². The number of alkyl halides is 39. The molecule has 1 aliphatic heterocycles. The fourth-order valence-electron chi connectivity index (χ4n) is 8.13. The molecule has 43 heteroatoms. The average Bonchev–Trinajstić information content (AvgIpc) is 3.53. The third-order valence-corrected chi connectivity index (χ3v) is 19.1. The predicted molar refractivity (Wildman–Crippen MR) is 205 cm³/mol. The molecule has 3 rings (SSSR count). The highest BCUT2D eigenvalue weighted by atomic mass is 28.3. The van der Waals surface area contributed by atoms with Gasteiger partial charge in [-0.25, -0.2) is 0 Å². The maximum absolute atomic E-state index is 15.6. The predicted octanol–water partition coefficient (Wildman–Crippen LogP) is 18.0. The van der Waals surface area contributed by atoms with Crippen LogP contribution in [0.1, 0.15) is 40.0 Å². The lowest BCUT2D eigenvalue weighted by molar-refractivity contribution is -0.440. The fraction of sp³-hybridized carbons (Fsp3) is 0.750. The Morgan fingerprint density at radius 2 is 0.602 bits per heavy atom. The van der Waals surface area contributed by atoms with E-state index in [1.54, 1.807) is 0 Å². The Bertz CT molecular complexity index is 2420. The molecule has 0 aliphatic carbocycles. The molecule has 0 spiro atoms. The standard InChI is InChI=1S/C40H30BF39O2Si/c1-21(2)22(3,82-41(81-21)20-10-6-8-18-7-4-5-9-19(18)20)17-83(14-11-23(42,43)26(48,49)29(54,55)32(60,61)35(66,67)38(72,73)74,15-12-24(44,45)27(50,51)30(56,57)33(62,63)36(68,69)39(75,76)77)16-13-25(46,47)28(52,53)31(58,59)34(64,65)37(70,71)40(78,79)80/h4-10H,11-17H2,1-3H3. The lowest BCUT2D eigenvalue weighted by atomic mass is 9.76. The molecule has 0 amide bonds. The molecule has 0 aromatic heterocycles. The van der Waals surface area contributed by atoms with E-state index < -0.39 is 183 Å². The summed E-state index contributed by atoms with van der Waals surface area (Å²) in [5.41, 5.74) is -6.48. The Labute approximate surface area is 437 Å². The van der Waals surface area contributed by atoms with Crippen molar-refractivity contribution in [3.63, 3.8) is 0 Å². The van der Waals surface area contributed by atoms with E-state index in [2.05, 4.69) is 0 Å². The van der Waals surface area contributed by atoms with Crippen LogP contribution in [-0.4, -0.2) is 134 Å². The fourth-order valence-corrected chi connectivity index (χ4v) is 13.9. The van der Waals surface area contributed by atoms with Gasteiger partial charge in [0.1, 0.15) is 0 Å². The second kappa shape index (κ2) is 20.6. The first kappa shape index (κ1) is 73.4. The summed E-state index contributed by atoms with van der Waals surface area (Å²) in [7, 11) is -9.51. The molecule has 0 bridgehead atoms. The van der Waals surface area contributed by atoms with E-state index in [1.165, 1.54) is 24.3 Å². The van der Waals surface area contributed by atoms with E-state index in [9.17, 15) is 119 Å². The van der Waals surface area contributed by atoms with E-state index >= 15 is 52.7 Å². The molecule has 1 fully saturated rings. The third-order valence-electron chi connectivity index (χ3n) is 13.7. The van der Waals surface area contributed by atoms with Crippen LogP contribution in [0.2, 0.25) is 24.2 Å². The molecule has 1 aliphatic rings. The van der Waals surface area contributed by atoms with Gasteiger partial charge in [-0.2, -0.15) is 171 Å². The zero-order valence-corrected chi connectivity index (χ0v) is 41.1. The number of hydrogen-bond donors (Lipinski definition) is 0. The lowest BCUT2D eigenvalue weighted by Gasteiger charge is -2.47. The van der Waals surface area contributed by atoms with Gasteiger partial charge < -0.3 is 9.31 Å². The van der Waals surface area contributed by atoms with Crippen molar-refractivity contribution in [1.29, 1.82) is 0 Å². The van der Waals surface area contributed by atoms with Crippen molar-refractivity contribution in [1.82, 2.24) is 0 Å². The maximum Gasteiger partial charge on any atom is 0.495 e. The van der Waals surface area contributed by atoms with E-state index in [0.29, 0.717) is 13.8 Å². The number of benzene rings is 2. The summed E-state index contributed by atoms with van der Waals surface area (Å²) in [6.45, 7) is 1.31. The minimum absolute atomic E-state index is 0.0920. The van der Waals surface area contributed by atoms with E-state index in [1.807, 2.05) is 0 Å². The van der Waals surface area contributed by atoms with Gasteiger partial charge in [-0.1, -0.05) is 60.6 Å². The zero-order chi connectivity index (χ0) is 66.1. The van der Waals surface area contributed by atoms with Crippen LogP contribution >= 0.6 is 0 Å². The highest BCUT2D eigenvalue weighted by Gasteiger charge is 2.93. The molecule has 1 heterocycles. The monoisotopic (exact) mass is 1320 g/mol. The molecule has 1 atom stereocenters. The van der Waals surface area contributed by atoms with Crippen LogP contribution in [0.5, 0.6) is 0 Å². The molecule has 0 N–H and O–H groups in total. The van der Waals surface area contributed by atoms with Gasteiger partial charge in [-0.05, 0) is 43.1 Å². The van der Waals surface area contributed by atoms with Gasteiger partial charge in [0.2, 0.25) is 0 Å². The first-order valence-corrected chi connectivity index (χ1v) is 24.5. The number of fused-ring (bicyclic) bond motifs is 1. The van der Waals surface area contributed by atoms with Crippen molar-refractivity contribution in [2.45, 2.75) is 183 Å². The minimum Gasteiger partial charge on any atom is -0.399 e. The van der Waals surface area contributed by atoms with E-state index in [-0.39, 0.29) is 17.7 Å². The van der Waals surface area contributed by atoms with Gasteiger partial charge in [-0.15, -0.1) is 0 Å². The molecule has 1 unspecified atom stereocenters. The van der Waals surface area contributed by atoms with Crippen molar-refractivity contribution < 1.29 is 181 Å². The molecular formula is C40H30BF39O2Si. The van der Waals surface area contributed by atoms with Gasteiger partial charge in [-0.3, -0.25) is 0 Å². The summed E-state index contributed by atoms with van der Waals surface area (Å²) >= 11 is 0. The van der Waals surface area contributed by atoms with Crippen molar-refractivity contribution in [2.24, 2.45) is 0 Å². The molecular weight excluding hydrogens is 1290 g/mol. The second-order valence-corrected chi connectivity index (χ2v) is 24.4. The van der Waals surface area contributed by atoms with Gasteiger partial charge in [0.05, 0.1) is 19.3 Å². The Hall–Kier alpha value is -3.83. The van der Waals surface area contributed by atoms with Crippen LogP contribution in [0.4, 0.5) is 171 Å². The molecule has 0 saturated carbocycles. The Morgan fingerprint density at radius 1 is 0.337 bits per heavy atom. The number of hydrogen-bond acceptors (Lipinski definition) is 2. The van der Waals surface area contributed by atoms with Crippen LogP contribution in [0.15, 0.2) is 42.5 Å². The first-order valence-electron chi connectivity index (χ1n) is 21.7. The zero-order valence-electron chi connectivity index (χ0n) is 40.1. The summed E-state index contributed by atoms with van der Waals surface area (Å²) in [5.74, 6) is -128. The van der Waals surface area contributed by atoms with Crippen LogP contribution in [0.3, 0.4) is 0 Å². The Morgan fingerprint density at radius 3 is 0.892 bits per heavy atom. The second-order valence-electron chi connectivity index (χ2n) is 19.6. The molecule has 2 aromatic carbocycles. The quantitative estimate of drug-likeness (QED) is 0.0770. The molecule has 1 saturated heterocycles. The van der Waals surface area contributed by atoms with Crippen molar-refractivity contribution in [3.8, 4) is 0 Å². The lowest BCUT2D eigenvalue weighted by Crippen LogP contribution is -2.70. The van der Waals surface area contributed by atoms with Crippen LogP contribution in [0, 0.1) is 0 Å².